The summed E-state index contributed by atoms with van der Waals surface area (Å²) >= 11 is 12.4. The van der Waals surface area contributed by atoms with Gasteiger partial charge in [-0.2, -0.15) is 13.2 Å². The first-order valence-corrected chi connectivity index (χ1v) is 11.3. The third kappa shape index (κ3) is 3.97. The molecule has 0 aliphatic carbocycles. The molecule has 3 aromatic rings. The Balaban J connectivity index is 1.57. The standard InChI is InChI=1S/C24H14Cl2F5N3O3/c25-14-3-1-10(27)7-12(14)20-19-16(5-4-15(26)18(19)21(35)33-20)32-22(36)34-9-23(37,24(29,30)31)13-8-11(28)2-6-17(13)34/h1-8,20,37H,9H2,(H,32,36)(H,33,35)/t20-,23+/m1/s1. The third-order valence-electron chi connectivity index (χ3n) is 6.29. The minimum absolute atomic E-state index is 0.00830. The highest BCUT2D eigenvalue weighted by Gasteiger charge is 2.61. The van der Waals surface area contributed by atoms with Crippen molar-refractivity contribution in [1.82, 2.24) is 5.32 Å². The Morgan fingerprint density at radius 1 is 1.05 bits per heavy atom. The molecule has 0 saturated heterocycles. The summed E-state index contributed by atoms with van der Waals surface area (Å²) in [5.41, 5.74) is -4.50. The van der Waals surface area contributed by atoms with Gasteiger partial charge in [-0.25, -0.2) is 13.6 Å². The Kier molecular flexibility index (Phi) is 5.85. The Bertz CT molecular complexity index is 1480. The molecule has 0 unspecified atom stereocenters. The molecule has 3 amide bonds. The van der Waals surface area contributed by atoms with Gasteiger partial charge < -0.3 is 15.7 Å². The van der Waals surface area contributed by atoms with Crippen molar-refractivity contribution in [3.63, 3.8) is 0 Å². The average Bonchev–Trinajstić information content (AvgIpc) is 3.33. The first-order valence-electron chi connectivity index (χ1n) is 10.6. The van der Waals surface area contributed by atoms with E-state index in [2.05, 4.69) is 10.6 Å². The molecular weight excluding hydrogens is 544 g/mol. The van der Waals surface area contributed by atoms with E-state index < -0.39 is 53.5 Å². The van der Waals surface area contributed by atoms with Crippen molar-refractivity contribution in [2.24, 2.45) is 0 Å². The van der Waals surface area contributed by atoms with Crippen LogP contribution in [0, 0.1) is 11.6 Å². The number of alkyl halides is 3. The van der Waals surface area contributed by atoms with Crippen LogP contribution in [0.3, 0.4) is 0 Å². The van der Waals surface area contributed by atoms with Crippen LogP contribution in [0.4, 0.5) is 38.1 Å². The van der Waals surface area contributed by atoms with Crippen molar-refractivity contribution in [3.05, 3.63) is 92.5 Å². The van der Waals surface area contributed by atoms with E-state index in [9.17, 15) is 36.6 Å². The van der Waals surface area contributed by atoms with Gasteiger partial charge >= 0.3 is 12.2 Å². The minimum atomic E-state index is -5.22. The lowest BCUT2D eigenvalue weighted by Crippen LogP contribution is -2.48. The first kappa shape index (κ1) is 25.2. The van der Waals surface area contributed by atoms with E-state index >= 15 is 0 Å². The summed E-state index contributed by atoms with van der Waals surface area (Å²) in [6.07, 6.45) is -5.22. The number of nitrogens with zero attached hydrogens (tertiary/aromatic N) is 1. The minimum Gasteiger partial charge on any atom is -0.375 e. The van der Waals surface area contributed by atoms with Crippen LogP contribution in [0.25, 0.3) is 0 Å². The van der Waals surface area contributed by atoms with Gasteiger partial charge in [0.1, 0.15) is 11.6 Å². The van der Waals surface area contributed by atoms with Gasteiger partial charge in [0.05, 0.1) is 28.9 Å². The van der Waals surface area contributed by atoms with Gasteiger partial charge in [0, 0.05) is 27.4 Å². The highest BCUT2D eigenvalue weighted by atomic mass is 35.5. The maximum atomic E-state index is 14.0. The van der Waals surface area contributed by atoms with Crippen molar-refractivity contribution in [1.29, 1.82) is 0 Å². The Labute approximate surface area is 215 Å². The van der Waals surface area contributed by atoms with Gasteiger partial charge in [-0.15, -0.1) is 0 Å². The van der Waals surface area contributed by atoms with Crippen molar-refractivity contribution in [3.8, 4) is 0 Å². The molecule has 6 nitrogen and oxygen atoms in total. The molecule has 5 rings (SSSR count). The predicted molar refractivity (Wildman–Crippen MR) is 125 cm³/mol. The lowest BCUT2D eigenvalue weighted by atomic mass is 9.95. The molecule has 0 aromatic heterocycles. The fourth-order valence-corrected chi connectivity index (χ4v) is 5.03. The monoisotopic (exact) mass is 557 g/mol. The van der Waals surface area contributed by atoms with Crippen molar-refractivity contribution < 1.29 is 36.6 Å². The number of urea groups is 1. The second-order valence-corrected chi connectivity index (χ2v) is 9.31. The molecule has 2 atom stereocenters. The van der Waals surface area contributed by atoms with Crippen LogP contribution in [-0.4, -0.2) is 29.8 Å². The summed E-state index contributed by atoms with van der Waals surface area (Å²) in [4.78, 5) is 26.5. The molecule has 0 spiro atoms. The van der Waals surface area contributed by atoms with E-state index in [1.165, 1.54) is 18.2 Å². The van der Waals surface area contributed by atoms with Crippen LogP contribution in [0.2, 0.25) is 10.0 Å². The zero-order valence-electron chi connectivity index (χ0n) is 18.3. The molecule has 13 heteroatoms. The molecule has 0 radical (unpaired) electrons. The highest BCUT2D eigenvalue weighted by molar-refractivity contribution is 6.35. The van der Waals surface area contributed by atoms with Crippen LogP contribution in [0.1, 0.15) is 33.1 Å². The topological polar surface area (TPSA) is 81.7 Å². The van der Waals surface area contributed by atoms with Crippen LogP contribution in [-0.2, 0) is 5.60 Å². The number of benzene rings is 3. The zero-order valence-corrected chi connectivity index (χ0v) is 19.8. The number of halogens is 7. The summed E-state index contributed by atoms with van der Waals surface area (Å²) in [7, 11) is 0. The number of carbonyl (C=O) groups excluding carboxylic acids is 2. The number of rotatable bonds is 2. The Hall–Kier alpha value is -3.41. The molecule has 0 fully saturated rings. The SMILES string of the molecule is O=C1N[C@H](c2cc(F)ccc2Cl)c2c(NC(=O)N3C[C@@](O)(C(F)(F)F)c4cc(F)ccc43)ccc(Cl)c21. The van der Waals surface area contributed by atoms with Crippen molar-refractivity contribution in [2.45, 2.75) is 17.8 Å². The van der Waals surface area contributed by atoms with Gasteiger partial charge in [0.15, 0.2) is 0 Å². The molecule has 2 heterocycles. The fraction of sp³-hybridized carbons (Fsp3) is 0.167. The van der Waals surface area contributed by atoms with Crippen molar-refractivity contribution in [2.75, 3.05) is 16.8 Å². The summed E-state index contributed by atoms with van der Waals surface area (Å²) in [5.74, 6) is -2.32. The van der Waals surface area contributed by atoms with Crippen LogP contribution >= 0.6 is 23.2 Å². The smallest absolute Gasteiger partial charge is 0.375 e. The van der Waals surface area contributed by atoms with Crippen LogP contribution < -0.4 is 15.5 Å². The number of hydrogen-bond acceptors (Lipinski definition) is 3. The molecule has 2 aliphatic rings. The Morgan fingerprint density at radius 3 is 2.41 bits per heavy atom. The summed E-state index contributed by atoms with van der Waals surface area (Å²) < 4.78 is 69.0. The van der Waals surface area contributed by atoms with Crippen LogP contribution in [0.15, 0.2) is 48.5 Å². The number of fused-ring (bicyclic) bond motifs is 2. The predicted octanol–water partition coefficient (Wildman–Crippen LogP) is 5.91. The van der Waals surface area contributed by atoms with E-state index in [1.807, 2.05) is 0 Å². The normalized spacial score (nSPS) is 20.5. The van der Waals surface area contributed by atoms with E-state index in [0.717, 1.165) is 24.3 Å². The summed E-state index contributed by atoms with van der Waals surface area (Å²) in [6.45, 7) is -1.24. The fourth-order valence-electron chi connectivity index (χ4n) is 4.56. The van der Waals surface area contributed by atoms with E-state index in [-0.39, 0.29) is 38.1 Å². The second kappa shape index (κ2) is 8.57. The maximum Gasteiger partial charge on any atom is 0.423 e. The molecule has 37 heavy (non-hydrogen) atoms. The average molecular weight is 558 g/mol. The van der Waals surface area contributed by atoms with Gasteiger partial charge in [-0.3, -0.25) is 9.69 Å². The molecule has 3 aromatic carbocycles. The number of carbonyl (C=O) groups is 2. The van der Waals surface area contributed by atoms with E-state index in [1.54, 1.807) is 0 Å². The molecular formula is C24H14Cl2F5N3O3. The molecule has 3 N–H and O–H groups in total. The summed E-state index contributed by atoms with van der Waals surface area (Å²) in [6, 6.07) is 6.24. The number of hydrogen-bond donors (Lipinski definition) is 3. The molecule has 0 saturated carbocycles. The summed E-state index contributed by atoms with van der Waals surface area (Å²) in [5, 5.41) is 15.6. The first-order chi connectivity index (χ1) is 17.3. The number of anilines is 2. The van der Waals surface area contributed by atoms with Gasteiger partial charge in [0.25, 0.3) is 5.91 Å². The lowest BCUT2D eigenvalue weighted by molar-refractivity contribution is -0.258. The quantitative estimate of drug-likeness (QED) is 0.343. The lowest BCUT2D eigenvalue weighted by Gasteiger charge is -2.27. The Morgan fingerprint density at radius 2 is 1.70 bits per heavy atom. The molecule has 0 bridgehead atoms. The molecule has 2 aliphatic heterocycles. The zero-order chi connectivity index (χ0) is 26.9. The third-order valence-corrected chi connectivity index (χ3v) is 6.95. The van der Waals surface area contributed by atoms with Crippen LogP contribution in [0.5, 0.6) is 0 Å². The maximum absolute atomic E-state index is 14.0. The highest BCUT2D eigenvalue weighted by Crippen LogP contribution is 2.49. The van der Waals surface area contributed by atoms with E-state index in [0.29, 0.717) is 11.0 Å². The number of aliphatic hydroxyl groups is 1. The van der Waals surface area contributed by atoms with Crippen molar-refractivity contribution >= 4 is 46.5 Å². The largest absolute Gasteiger partial charge is 0.423 e. The number of amides is 3. The van der Waals surface area contributed by atoms with Gasteiger partial charge in [-0.1, -0.05) is 23.2 Å². The van der Waals surface area contributed by atoms with E-state index in [4.69, 9.17) is 23.2 Å². The number of β-amino-alcohol motifs (C(OH)–C–C–N with tert-alkyl or cyclic N) is 1. The number of nitrogens with one attached hydrogen (secondary N) is 2. The van der Waals surface area contributed by atoms with Gasteiger partial charge in [0.2, 0.25) is 5.60 Å². The van der Waals surface area contributed by atoms with Gasteiger partial charge in [-0.05, 0) is 48.5 Å². The molecule has 192 valence electrons. The second-order valence-electron chi connectivity index (χ2n) is 8.49.